The second-order valence-electron chi connectivity index (χ2n) is 6.90. The summed E-state index contributed by atoms with van der Waals surface area (Å²) in [4.78, 5) is 9.32. The Kier molecular flexibility index (Phi) is 4.34. The molecular formula is C19H24N4O. The summed E-state index contributed by atoms with van der Waals surface area (Å²) in [6.07, 6.45) is 5.36. The second-order valence-corrected chi connectivity index (χ2v) is 6.90. The van der Waals surface area contributed by atoms with Gasteiger partial charge in [-0.3, -0.25) is 0 Å². The molecule has 4 rings (SSSR count). The smallest absolute Gasteiger partial charge is 0.163 e. The zero-order valence-corrected chi connectivity index (χ0v) is 13.8. The van der Waals surface area contributed by atoms with E-state index in [1.165, 1.54) is 25.7 Å². The van der Waals surface area contributed by atoms with E-state index in [1.807, 2.05) is 36.4 Å². The molecule has 5 heteroatoms. The molecule has 0 radical (unpaired) electrons. The molecule has 5 nitrogen and oxygen atoms in total. The molecule has 2 bridgehead atoms. The maximum atomic E-state index is 9.06. The predicted molar refractivity (Wildman–Crippen MR) is 95.9 cm³/mol. The third-order valence-corrected chi connectivity index (χ3v) is 5.25. The maximum Gasteiger partial charge on any atom is 0.163 e. The zero-order chi connectivity index (χ0) is 16.4. The molecule has 2 aromatic rings. The van der Waals surface area contributed by atoms with E-state index >= 15 is 0 Å². The van der Waals surface area contributed by atoms with E-state index in [-0.39, 0.29) is 6.61 Å². The molecule has 2 saturated carbocycles. The minimum Gasteiger partial charge on any atom is -0.395 e. The lowest BCUT2D eigenvalue weighted by Crippen LogP contribution is -2.26. The van der Waals surface area contributed by atoms with Gasteiger partial charge in [0, 0.05) is 24.2 Å². The first-order chi connectivity index (χ1) is 11.8. The molecule has 1 aromatic heterocycles. The first-order valence-corrected chi connectivity index (χ1v) is 8.87. The molecule has 0 spiro atoms. The van der Waals surface area contributed by atoms with Crippen molar-refractivity contribution < 1.29 is 5.11 Å². The number of benzene rings is 1. The number of aliphatic hydroxyl groups is 1. The summed E-state index contributed by atoms with van der Waals surface area (Å²) >= 11 is 0. The van der Waals surface area contributed by atoms with E-state index in [4.69, 9.17) is 10.1 Å². The Balaban J connectivity index is 1.60. The predicted octanol–water partition coefficient (Wildman–Crippen LogP) is 3.15. The van der Waals surface area contributed by atoms with Gasteiger partial charge >= 0.3 is 0 Å². The van der Waals surface area contributed by atoms with Gasteiger partial charge in [0.05, 0.1) is 6.61 Å². The van der Waals surface area contributed by atoms with Gasteiger partial charge in [0.15, 0.2) is 5.82 Å². The lowest BCUT2D eigenvalue weighted by Gasteiger charge is -2.24. The molecule has 2 aliphatic carbocycles. The van der Waals surface area contributed by atoms with Crippen molar-refractivity contribution in [3.63, 3.8) is 0 Å². The SMILES string of the molecule is OCCNc1cc(NC2CC3CCC2C3)nc(-c2ccccc2)n1. The summed E-state index contributed by atoms with van der Waals surface area (Å²) < 4.78 is 0. The Morgan fingerprint density at radius 1 is 1.04 bits per heavy atom. The van der Waals surface area contributed by atoms with Crippen LogP contribution in [-0.4, -0.2) is 34.3 Å². The van der Waals surface area contributed by atoms with Crippen molar-refractivity contribution in [3.8, 4) is 11.4 Å². The Morgan fingerprint density at radius 3 is 2.58 bits per heavy atom. The van der Waals surface area contributed by atoms with Crippen molar-refractivity contribution in [2.75, 3.05) is 23.8 Å². The summed E-state index contributed by atoms with van der Waals surface area (Å²) in [7, 11) is 0. The number of nitrogens with one attached hydrogen (secondary N) is 2. The minimum absolute atomic E-state index is 0.0831. The van der Waals surface area contributed by atoms with Crippen molar-refractivity contribution in [2.45, 2.75) is 31.7 Å². The van der Waals surface area contributed by atoms with E-state index in [9.17, 15) is 0 Å². The first kappa shape index (κ1) is 15.4. The zero-order valence-electron chi connectivity index (χ0n) is 13.8. The fourth-order valence-electron chi connectivity index (χ4n) is 4.12. The standard InChI is InChI=1S/C19H24N4O/c24-9-8-20-17-12-18(21-16-11-13-6-7-15(16)10-13)23-19(22-17)14-4-2-1-3-5-14/h1-5,12-13,15-16,24H,6-11H2,(H2,20,21,22,23). The molecule has 126 valence electrons. The molecule has 24 heavy (non-hydrogen) atoms. The summed E-state index contributed by atoms with van der Waals surface area (Å²) in [5.41, 5.74) is 1.00. The molecular weight excluding hydrogens is 300 g/mol. The maximum absolute atomic E-state index is 9.06. The number of anilines is 2. The van der Waals surface area contributed by atoms with Crippen molar-refractivity contribution in [3.05, 3.63) is 36.4 Å². The lowest BCUT2D eigenvalue weighted by atomic mass is 9.95. The Morgan fingerprint density at radius 2 is 1.88 bits per heavy atom. The molecule has 0 aliphatic heterocycles. The van der Waals surface area contributed by atoms with E-state index in [0.29, 0.717) is 18.4 Å². The Labute approximate surface area is 142 Å². The number of aliphatic hydroxyl groups excluding tert-OH is 1. The average molecular weight is 324 g/mol. The average Bonchev–Trinajstić information content (AvgIpc) is 3.23. The van der Waals surface area contributed by atoms with Crippen molar-refractivity contribution in [2.24, 2.45) is 11.8 Å². The van der Waals surface area contributed by atoms with Crippen LogP contribution in [-0.2, 0) is 0 Å². The van der Waals surface area contributed by atoms with Crippen LogP contribution in [0.1, 0.15) is 25.7 Å². The van der Waals surface area contributed by atoms with Crippen LogP contribution in [0.4, 0.5) is 11.6 Å². The number of fused-ring (bicyclic) bond motifs is 2. The number of hydrogen-bond donors (Lipinski definition) is 3. The van der Waals surface area contributed by atoms with Gasteiger partial charge in [-0.2, -0.15) is 0 Å². The van der Waals surface area contributed by atoms with Crippen LogP contribution in [0.2, 0.25) is 0 Å². The second kappa shape index (κ2) is 6.77. The normalized spacial score (nSPS) is 25.0. The molecule has 2 fully saturated rings. The Bertz CT molecular complexity index is 691. The van der Waals surface area contributed by atoms with E-state index < -0.39 is 0 Å². The number of nitrogens with zero attached hydrogens (tertiary/aromatic N) is 2. The van der Waals surface area contributed by atoms with Gasteiger partial charge < -0.3 is 15.7 Å². The summed E-state index contributed by atoms with van der Waals surface area (Å²) in [6.45, 7) is 0.568. The third kappa shape index (κ3) is 3.22. The number of hydrogen-bond acceptors (Lipinski definition) is 5. The highest BCUT2D eigenvalue weighted by atomic mass is 16.3. The highest BCUT2D eigenvalue weighted by Gasteiger charge is 2.39. The number of aromatic nitrogens is 2. The van der Waals surface area contributed by atoms with Crippen LogP contribution >= 0.6 is 0 Å². The van der Waals surface area contributed by atoms with Gasteiger partial charge in [-0.25, -0.2) is 9.97 Å². The van der Waals surface area contributed by atoms with Gasteiger partial charge in [-0.15, -0.1) is 0 Å². The van der Waals surface area contributed by atoms with Crippen molar-refractivity contribution in [1.82, 2.24) is 9.97 Å². The van der Waals surface area contributed by atoms with Gasteiger partial charge in [0.1, 0.15) is 11.6 Å². The molecule has 2 aliphatic rings. The fourth-order valence-corrected chi connectivity index (χ4v) is 4.12. The van der Waals surface area contributed by atoms with Crippen LogP contribution < -0.4 is 10.6 Å². The van der Waals surface area contributed by atoms with E-state index in [1.54, 1.807) is 0 Å². The van der Waals surface area contributed by atoms with Gasteiger partial charge in [-0.05, 0) is 31.1 Å². The van der Waals surface area contributed by atoms with Crippen molar-refractivity contribution >= 4 is 11.6 Å². The molecule has 3 N–H and O–H groups in total. The molecule has 1 heterocycles. The Hall–Kier alpha value is -2.14. The molecule has 3 atom stereocenters. The molecule has 0 amide bonds. The summed E-state index contributed by atoms with van der Waals surface area (Å²) in [6, 6.07) is 12.5. The van der Waals surface area contributed by atoms with Crippen LogP contribution in [0, 0.1) is 11.8 Å². The van der Waals surface area contributed by atoms with Gasteiger partial charge in [0.2, 0.25) is 0 Å². The van der Waals surface area contributed by atoms with Gasteiger partial charge in [0.25, 0.3) is 0 Å². The highest BCUT2D eigenvalue weighted by Crippen LogP contribution is 2.45. The largest absolute Gasteiger partial charge is 0.395 e. The molecule has 3 unspecified atom stereocenters. The summed E-state index contributed by atoms with van der Waals surface area (Å²) in [5, 5.41) is 15.9. The fraction of sp³-hybridized carbons (Fsp3) is 0.474. The molecule has 1 aromatic carbocycles. The van der Waals surface area contributed by atoms with E-state index in [2.05, 4.69) is 15.6 Å². The third-order valence-electron chi connectivity index (χ3n) is 5.25. The van der Waals surface area contributed by atoms with Crippen LogP contribution in [0.3, 0.4) is 0 Å². The minimum atomic E-state index is 0.0831. The number of rotatable bonds is 6. The quantitative estimate of drug-likeness (QED) is 0.761. The van der Waals surface area contributed by atoms with Crippen LogP contribution in [0.15, 0.2) is 36.4 Å². The lowest BCUT2D eigenvalue weighted by molar-refractivity contribution is 0.311. The summed E-state index contributed by atoms with van der Waals surface area (Å²) in [5.74, 6) is 4.03. The monoisotopic (exact) mass is 324 g/mol. The van der Waals surface area contributed by atoms with E-state index in [0.717, 1.165) is 29.0 Å². The first-order valence-electron chi connectivity index (χ1n) is 8.87. The topological polar surface area (TPSA) is 70.1 Å². The van der Waals surface area contributed by atoms with Crippen LogP contribution in [0.5, 0.6) is 0 Å². The van der Waals surface area contributed by atoms with Crippen molar-refractivity contribution in [1.29, 1.82) is 0 Å². The van der Waals surface area contributed by atoms with Crippen LogP contribution in [0.25, 0.3) is 11.4 Å². The molecule has 0 saturated heterocycles. The van der Waals surface area contributed by atoms with Gasteiger partial charge in [-0.1, -0.05) is 36.8 Å². The highest BCUT2D eigenvalue weighted by molar-refractivity contribution is 5.61.